The molecule has 0 atom stereocenters. The molecule has 0 saturated carbocycles. The average molecular weight is 387 g/mol. The maximum atomic E-state index is 12.2. The zero-order valence-electron chi connectivity index (χ0n) is 16.4. The number of nitrogens with one attached hydrogen (secondary N) is 2. The van der Waals surface area contributed by atoms with E-state index in [9.17, 15) is 10.1 Å². The summed E-state index contributed by atoms with van der Waals surface area (Å²) in [5.74, 6) is 0.921. The van der Waals surface area contributed by atoms with E-state index in [2.05, 4.69) is 20.5 Å². The summed E-state index contributed by atoms with van der Waals surface area (Å²) < 4.78 is 5.78. The summed E-state index contributed by atoms with van der Waals surface area (Å²) in [5.41, 5.74) is 3.71. The Balaban J connectivity index is 1.78. The Bertz CT molecular complexity index is 1110. The first-order chi connectivity index (χ1) is 13.9. The van der Waals surface area contributed by atoms with Crippen LogP contribution in [0.3, 0.4) is 0 Å². The van der Waals surface area contributed by atoms with E-state index in [4.69, 9.17) is 4.74 Å². The van der Waals surface area contributed by atoms with Crippen LogP contribution in [0.1, 0.15) is 31.9 Å². The van der Waals surface area contributed by atoms with Gasteiger partial charge in [-0.1, -0.05) is 30.3 Å². The Labute approximate surface area is 168 Å². The average Bonchev–Trinajstić information content (AvgIpc) is 2.68. The van der Waals surface area contributed by atoms with Crippen molar-refractivity contribution < 1.29 is 4.74 Å². The fraction of sp³-hybridized carbons (Fsp3) is 0.182. The van der Waals surface area contributed by atoms with Gasteiger partial charge in [-0.15, -0.1) is 0 Å². The van der Waals surface area contributed by atoms with E-state index in [1.165, 1.54) is 0 Å². The monoisotopic (exact) mass is 387 g/mol. The van der Waals surface area contributed by atoms with Crippen molar-refractivity contribution in [3.8, 4) is 23.1 Å². The van der Waals surface area contributed by atoms with Gasteiger partial charge < -0.3 is 4.74 Å². The lowest BCUT2D eigenvalue weighted by Crippen LogP contribution is -2.22. The first kappa shape index (κ1) is 19.8. The zero-order valence-corrected chi connectivity index (χ0v) is 16.4. The molecule has 2 N–H and O–H groups in total. The van der Waals surface area contributed by atoms with E-state index in [-0.39, 0.29) is 17.1 Å². The summed E-state index contributed by atoms with van der Waals surface area (Å²) in [7, 11) is 0. The molecule has 2 aromatic carbocycles. The molecular weight excluding hydrogens is 366 g/mol. The largest absolute Gasteiger partial charge is 0.488 e. The quantitative estimate of drug-likeness (QED) is 0.510. The number of hydrogen-bond acceptors (Lipinski definition) is 6. The molecule has 0 aliphatic heterocycles. The van der Waals surface area contributed by atoms with Gasteiger partial charge >= 0.3 is 0 Å². The summed E-state index contributed by atoms with van der Waals surface area (Å²) >= 11 is 0. The molecule has 0 aliphatic carbocycles. The highest BCUT2D eigenvalue weighted by atomic mass is 16.5. The predicted octanol–water partition coefficient (Wildman–Crippen LogP) is 3.93. The molecule has 0 fully saturated rings. The molecule has 1 heterocycles. The van der Waals surface area contributed by atoms with Gasteiger partial charge in [0.1, 0.15) is 23.0 Å². The standard InChI is InChI=1S/C22H21N5O2/c1-22(2,3)29-17-11-9-15(10-12-17)14-24-27-21-25-19(16-7-5-4-6-8-16)18(13-23)20(28)26-21/h4-12,14H,1-3H3,(H2,25,26,27,28). The van der Waals surface area contributed by atoms with Crippen LogP contribution in [0.25, 0.3) is 11.3 Å². The lowest BCUT2D eigenvalue weighted by molar-refractivity contribution is 0.131. The summed E-state index contributed by atoms with van der Waals surface area (Å²) in [4.78, 5) is 19.1. The number of anilines is 1. The van der Waals surface area contributed by atoms with Crippen LogP contribution in [0, 0.1) is 11.3 Å². The van der Waals surface area contributed by atoms with Gasteiger partial charge in [0.2, 0.25) is 5.95 Å². The molecule has 1 aromatic heterocycles. The van der Waals surface area contributed by atoms with Crippen molar-refractivity contribution in [3.63, 3.8) is 0 Å². The maximum absolute atomic E-state index is 12.2. The molecular formula is C22H21N5O2. The molecule has 0 aliphatic rings. The van der Waals surface area contributed by atoms with E-state index in [0.29, 0.717) is 11.3 Å². The highest BCUT2D eigenvalue weighted by Crippen LogP contribution is 2.20. The number of aromatic nitrogens is 2. The number of ether oxygens (including phenoxy) is 1. The summed E-state index contributed by atoms with van der Waals surface area (Å²) in [6.45, 7) is 5.96. The third kappa shape index (κ3) is 5.30. The molecule has 0 unspecified atom stereocenters. The molecule has 3 rings (SSSR count). The summed E-state index contributed by atoms with van der Waals surface area (Å²) in [5, 5.41) is 13.4. The third-order valence-electron chi connectivity index (χ3n) is 3.77. The van der Waals surface area contributed by atoms with E-state index >= 15 is 0 Å². The van der Waals surface area contributed by atoms with Crippen molar-refractivity contribution in [1.82, 2.24) is 9.97 Å². The van der Waals surface area contributed by atoms with E-state index in [0.717, 1.165) is 11.3 Å². The minimum Gasteiger partial charge on any atom is -0.488 e. The minimum absolute atomic E-state index is 0.0415. The Kier molecular flexibility index (Phi) is 5.74. The molecule has 0 spiro atoms. The van der Waals surface area contributed by atoms with Gasteiger partial charge in [-0.3, -0.25) is 9.78 Å². The van der Waals surface area contributed by atoms with Crippen molar-refractivity contribution in [3.05, 3.63) is 76.1 Å². The van der Waals surface area contributed by atoms with Crippen LogP contribution >= 0.6 is 0 Å². The van der Waals surface area contributed by atoms with Crippen LogP contribution in [0.4, 0.5) is 5.95 Å². The zero-order chi connectivity index (χ0) is 20.9. The second-order valence-electron chi connectivity index (χ2n) is 7.27. The van der Waals surface area contributed by atoms with Crippen LogP contribution in [-0.4, -0.2) is 21.8 Å². The number of hydrazone groups is 1. The maximum Gasteiger partial charge on any atom is 0.270 e. The number of benzene rings is 2. The first-order valence-corrected chi connectivity index (χ1v) is 9.04. The number of nitrogens with zero attached hydrogens (tertiary/aromatic N) is 3. The molecule has 0 radical (unpaired) electrons. The molecule has 146 valence electrons. The first-order valence-electron chi connectivity index (χ1n) is 9.04. The highest BCUT2D eigenvalue weighted by Gasteiger charge is 2.13. The summed E-state index contributed by atoms with van der Waals surface area (Å²) in [6.07, 6.45) is 1.60. The predicted molar refractivity (Wildman–Crippen MR) is 113 cm³/mol. The topological polar surface area (TPSA) is 103 Å². The van der Waals surface area contributed by atoms with Crippen molar-refractivity contribution in [2.45, 2.75) is 26.4 Å². The lowest BCUT2D eigenvalue weighted by Gasteiger charge is -2.21. The molecule has 0 saturated heterocycles. The van der Waals surface area contributed by atoms with E-state index in [1.54, 1.807) is 18.3 Å². The normalized spacial score (nSPS) is 11.2. The molecule has 7 heteroatoms. The second-order valence-corrected chi connectivity index (χ2v) is 7.27. The van der Waals surface area contributed by atoms with Gasteiger partial charge in [0, 0.05) is 5.56 Å². The van der Waals surface area contributed by atoms with Crippen LogP contribution in [-0.2, 0) is 0 Å². The Hall–Kier alpha value is -3.92. The van der Waals surface area contributed by atoms with Gasteiger partial charge in [-0.25, -0.2) is 10.4 Å². The number of nitriles is 1. The lowest BCUT2D eigenvalue weighted by atomic mass is 10.1. The number of H-pyrrole nitrogens is 1. The van der Waals surface area contributed by atoms with Crippen LogP contribution in [0.5, 0.6) is 5.75 Å². The number of rotatable bonds is 5. The smallest absolute Gasteiger partial charge is 0.270 e. The van der Waals surface area contributed by atoms with E-state index < -0.39 is 5.56 Å². The van der Waals surface area contributed by atoms with Gasteiger partial charge in [-0.2, -0.15) is 10.4 Å². The Morgan fingerprint density at radius 2 is 1.83 bits per heavy atom. The van der Waals surface area contributed by atoms with Crippen molar-refractivity contribution in [2.75, 3.05) is 5.43 Å². The molecule has 29 heavy (non-hydrogen) atoms. The molecule has 7 nitrogen and oxygen atoms in total. The molecule has 0 bridgehead atoms. The van der Waals surface area contributed by atoms with Gasteiger partial charge in [0.05, 0.1) is 11.9 Å². The Morgan fingerprint density at radius 3 is 2.45 bits per heavy atom. The van der Waals surface area contributed by atoms with Gasteiger partial charge in [0.15, 0.2) is 0 Å². The van der Waals surface area contributed by atoms with Crippen LogP contribution < -0.4 is 15.7 Å². The number of hydrogen-bond donors (Lipinski definition) is 2. The second kappa shape index (κ2) is 8.40. The summed E-state index contributed by atoms with van der Waals surface area (Å²) in [6, 6.07) is 18.4. The SMILES string of the molecule is CC(C)(C)Oc1ccc(C=NNc2nc(-c3ccccc3)c(C#N)c(=O)[nH]2)cc1. The Morgan fingerprint density at radius 1 is 1.14 bits per heavy atom. The fourth-order valence-corrected chi connectivity index (χ4v) is 2.58. The van der Waals surface area contributed by atoms with Gasteiger partial charge in [-0.05, 0) is 50.6 Å². The van der Waals surface area contributed by atoms with Crippen molar-refractivity contribution in [1.29, 1.82) is 5.26 Å². The highest BCUT2D eigenvalue weighted by molar-refractivity contribution is 5.80. The van der Waals surface area contributed by atoms with E-state index in [1.807, 2.05) is 69.3 Å². The van der Waals surface area contributed by atoms with Crippen molar-refractivity contribution >= 4 is 12.2 Å². The van der Waals surface area contributed by atoms with Crippen LogP contribution in [0.15, 0.2) is 64.5 Å². The minimum atomic E-state index is -0.525. The van der Waals surface area contributed by atoms with Crippen molar-refractivity contribution in [2.24, 2.45) is 5.10 Å². The van der Waals surface area contributed by atoms with Crippen LogP contribution in [0.2, 0.25) is 0 Å². The number of aromatic amines is 1. The molecule has 3 aromatic rings. The fourth-order valence-electron chi connectivity index (χ4n) is 2.58. The molecule has 0 amide bonds. The van der Waals surface area contributed by atoms with Gasteiger partial charge in [0.25, 0.3) is 5.56 Å². The third-order valence-corrected chi connectivity index (χ3v) is 3.77.